The largest absolute Gasteiger partial charge is 0.508 e. The number of benzene rings is 2. The van der Waals surface area contributed by atoms with Gasteiger partial charge in [0, 0.05) is 34.3 Å². The summed E-state index contributed by atoms with van der Waals surface area (Å²) in [6.45, 7) is 1.80. The first-order valence-corrected chi connectivity index (χ1v) is 9.58. The molecule has 1 aliphatic rings. The normalized spacial score (nSPS) is 16.3. The van der Waals surface area contributed by atoms with Gasteiger partial charge in [-0.1, -0.05) is 12.1 Å². The lowest BCUT2D eigenvalue weighted by atomic mass is 9.96. The van der Waals surface area contributed by atoms with Crippen molar-refractivity contribution in [2.24, 2.45) is 0 Å². The Balaban J connectivity index is 1.73. The molecule has 1 unspecified atom stereocenters. The van der Waals surface area contributed by atoms with E-state index in [4.69, 9.17) is 0 Å². The van der Waals surface area contributed by atoms with Gasteiger partial charge in [0.25, 0.3) is 5.69 Å². The molecule has 1 aromatic heterocycles. The summed E-state index contributed by atoms with van der Waals surface area (Å²) in [4.78, 5) is 27.1. The molecule has 0 saturated carbocycles. The predicted molar refractivity (Wildman–Crippen MR) is 109 cm³/mol. The number of hydrogen-bond acceptors (Lipinski definition) is 6. The first kappa shape index (κ1) is 18.6. The van der Waals surface area contributed by atoms with Crippen molar-refractivity contribution >= 4 is 28.6 Å². The first-order valence-electron chi connectivity index (χ1n) is 8.70. The summed E-state index contributed by atoms with van der Waals surface area (Å²) in [5.74, 6) is 0.109. The van der Waals surface area contributed by atoms with E-state index in [0.717, 1.165) is 16.7 Å². The average molecular weight is 408 g/mol. The molecule has 0 spiro atoms. The zero-order chi connectivity index (χ0) is 20.5. The molecule has 1 atom stereocenters. The van der Waals surface area contributed by atoms with Gasteiger partial charge in [0.15, 0.2) is 0 Å². The van der Waals surface area contributed by atoms with Crippen molar-refractivity contribution < 1.29 is 14.8 Å². The monoisotopic (exact) mass is 408 g/mol. The van der Waals surface area contributed by atoms with Gasteiger partial charge in [0.2, 0.25) is 0 Å². The Morgan fingerprint density at radius 2 is 1.97 bits per heavy atom. The van der Waals surface area contributed by atoms with Crippen molar-refractivity contribution in [3.63, 3.8) is 0 Å². The molecule has 3 aromatic rings. The highest BCUT2D eigenvalue weighted by atomic mass is 32.1. The second-order valence-corrected chi connectivity index (χ2v) is 7.37. The molecule has 1 aliphatic heterocycles. The van der Waals surface area contributed by atoms with Crippen LogP contribution in [0.3, 0.4) is 0 Å². The summed E-state index contributed by atoms with van der Waals surface area (Å²) in [6.07, 6.45) is 0. The number of carbonyl (C=O) groups excluding carboxylic acids is 1. The first-order chi connectivity index (χ1) is 13.9. The number of thiazole rings is 1. The maximum absolute atomic E-state index is 12.0. The number of aromatic hydroxyl groups is 1. The molecule has 2 amide bonds. The van der Waals surface area contributed by atoms with Gasteiger partial charge in [-0.15, -0.1) is 11.3 Å². The number of non-ortho nitro benzene ring substituents is 1. The van der Waals surface area contributed by atoms with Crippen molar-refractivity contribution in [2.45, 2.75) is 13.0 Å². The summed E-state index contributed by atoms with van der Waals surface area (Å²) in [5.41, 5.74) is 3.68. The van der Waals surface area contributed by atoms with Crippen LogP contribution in [0, 0.1) is 10.1 Å². The fraction of sp³-hybridized carbons (Fsp3) is 0.100. The van der Waals surface area contributed by atoms with E-state index in [9.17, 15) is 20.0 Å². The Labute approximate surface area is 169 Å². The second kappa shape index (κ2) is 7.36. The van der Waals surface area contributed by atoms with Gasteiger partial charge in [0.1, 0.15) is 10.8 Å². The maximum Gasteiger partial charge on any atom is 0.319 e. The van der Waals surface area contributed by atoms with E-state index in [0.29, 0.717) is 16.4 Å². The van der Waals surface area contributed by atoms with Crippen LogP contribution in [0.2, 0.25) is 0 Å². The van der Waals surface area contributed by atoms with Gasteiger partial charge in [0.05, 0.1) is 16.7 Å². The Kier molecular flexibility index (Phi) is 4.73. The van der Waals surface area contributed by atoms with Crippen molar-refractivity contribution in [1.82, 2.24) is 15.6 Å². The summed E-state index contributed by atoms with van der Waals surface area (Å²) in [6, 6.07) is 12.1. The van der Waals surface area contributed by atoms with Gasteiger partial charge in [-0.05, 0) is 36.8 Å². The third kappa shape index (κ3) is 3.67. The number of nitrogens with one attached hydrogen (secondary N) is 2. The molecular formula is C20H16N4O4S. The van der Waals surface area contributed by atoms with Gasteiger partial charge in [-0.3, -0.25) is 10.1 Å². The maximum atomic E-state index is 12.0. The number of phenolic OH excluding ortho intramolecular Hbond substituents is 1. The smallest absolute Gasteiger partial charge is 0.319 e. The van der Waals surface area contributed by atoms with Crippen LogP contribution < -0.4 is 10.6 Å². The molecule has 0 saturated heterocycles. The lowest BCUT2D eigenvalue weighted by Crippen LogP contribution is -2.42. The van der Waals surface area contributed by atoms with Crippen LogP contribution in [0.25, 0.3) is 16.8 Å². The number of carbonyl (C=O) groups is 1. The zero-order valence-corrected chi connectivity index (χ0v) is 16.1. The highest BCUT2D eigenvalue weighted by Crippen LogP contribution is 2.38. The standard InChI is InChI=1S/C20H16N4O4S/c1-11-17(18(23-20(26)21-11)13-3-2-4-15(25)9-13)19-22-16(10-29-19)12-5-7-14(8-6-12)24(27)28/h2-10,18,25H,1H3,(H2,21,23,26). The van der Waals surface area contributed by atoms with Crippen LogP contribution in [0.15, 0.2) is 59.6 Å². The van der Waals surface area contributed by atoms with Crippen LogP contribution in [-0.4, -0.2) is 21.0 Å². The van der Waals surface area contributed by atoms with E-state index in [-0.39, 0.29) is 17.5 Å². The number of nitro groups is 1. The van der Waals surface area contributed by atoms with Crippen LogP contribution in [0.5, 0.6) is 5.75 Å². The van der Waals surface area contributed by atoms with Gasteiger partial charge >= 0.3 is 6.03 Å². The van der Waals surface area contributed by atoms with E-state index < -0.39 is 11.0 Å². The summed E-state index contributed by atoms with van der Waals surface area (Å²) in [5, 5.41) is 28.9. The summed E-state index contributed by atoms with van der Waals surface area (Å²) in [7, 11) is 0. The minimum absolute atomic E-state index is 0.0194. The molecule has 0 bridgehead atoms. The number of urea groups is 1. The van der Waals surface area contributed by atoms with E-state index in [1.165, 1.54) is 23.5 Å². The summed E-state index contributed by atoms with van der Waals surface area (Å²) >= 11 is 1.41. The number of allylic oxidation sites excluding steroid dienone is 1. The Morgan fingerprint density at radius 1 is 1.21 bits per heavy atom. The van der Waals surface area contributed by atoms with Crippen LogP contribution in [0.4, 0.5) is 10.5 Å². The third-order valence-electron chi connectivity index (χ3n) is 4.58. The number of phenols is 1. The lowest BCUT2D eigenvalue weighted by Gasteiger charge is -2.28. The molecule has 4 rings (SSSR count). The Morgan fingerprint density at radius 3 is 2.66 bits per heavy atom. The number of rotatable bonds is 4. The molecule has 146 valence electrons. The topological polar surface area (TPSA) is 117 Å². The van der Waals surface area contributed by atoms with Crippen LogP contribution in [-0.2, 0) is 0 Å². The molecule has 9 heteroatoms. The molecule has 3 N–H and O–H groups in total. The number of nitrogens with zero attached hydrogens (tertiary/aromatic N) is 2. The fourth-order valence-electron chi connectivity index (χ4n) is 3.22. The molecular weight excluding hydrogens is 392 g/mol. The predicted octanol–water partition coefficient (Wildman–Crippen LogP) is 4.21. The van der Waals surface area contributed by atoms with Crippen LogP contribution in [0.1, 0.15) is 23.5 Å². The molecule has 8 nitrogen and oxygen atoms in total. The Bertz CT molecular complexity index is 1140. The number of nitro benzene ring substituents is 1. The quantitative estimate of drug-likeness (QED) is 0.442. The average Bonchev–Trinajstić information content (AvgIpc) is 3.17. The third-order valence-corrected chi connectivity index (χ3v) is 5.46. The van der Waals surface area contributed by atoms with Gasteiger partial charge in [-0.25, -0.2) is 9.78 Å². The fourth-order valence-corrected chi connectivity index (χ4v) is 4.18. The SMILES string of the molecule is CC1=C(c2nc(-c3ccc([N+](=O)[O-])cc3)cs2)C(c2cccc(O)c2)NC(=O)N1. The molecule has 0 radical (unpaired) electrons. The summed E-state index contributed by atoms with van der Waals surface area (Å²) < 4.78 is 0. The minimum atomic E-state index is -0.466. The molecule has 2 heterocycles. The van der Waals surface area contributed by atoms with E-state index in [1.54, 1.807) is 37.3 Å². The van der Waals surface area contributed by atoms with E-state index in [1.807, 2.05) is 11.4 Å². The number of hydrogen-bond donors (Lipinski definition) is 3. The highest BCUT2D eigenvalue weighted by molar-refractivity contribution is 7.11. The number of amides is 2. The van der Waals surface area contributed by atoms with Crippen molar-refractivity contribution in [3.05, 3.63) is 80.3 Å². The number of aromatic nitrogens is 1. The van der Waals surface area contributed by atoms with E-state index >= 15 is 0 Å². The van der Waals surface area contributed by atoms with Crippen molar-refractivity contribution in [3.8, 4) is 17.0 Å². The second-order valence-electron chi connectivity index (χ2n) is 6.51. The minimum Gasteiger partial charge on any atom is -0.508 e. The van der Waals surface area contributed by atoms with Gasteiger partial charge < -0.3 is 15.7 Å². The van der Waals surface area contributed by atoms with Crippen molar-refractivity contribution in [1.29, 1.82) is 0 Å². The van der Waals surface area contributed by atoms with Crippen LogP contribution >= 0.6 is 11.3 Å². The highest BCUT2D eigenvalue weighted by Gasteiger charge is 2.29. The Hall–Kier alpha value is -3.72. The van der Waals surface area contributed by atoms with E-state index in [2.05, 4.69) is 15.6 Å². The van der Waals surface area contributed by atoms with Crippen molar-refractivity contribution in [2.75, 3.05) is 0 Å². The molecule has 29 heavy (non-hydrogen) atoms. The zero-order valence-electron chi connectivity index (χ0n) is 15.2. The molecule has 0 aliphatic carbocycles. The van der Waals surface area contributed by atoms with Gasteiger partial charge in [-0.2, -0.15) is 0 Å². The molecule has 2 aromatic carbocycles. The lowest BCUT2D eigenvalue weighted by molar-refractivity contribution is -0.384. The molecule has 0 fully saturated rings.